The molecular weight excluding hydrogens is 221 g/mol. The number of amides is 1. The molecule has 2 rings (SSSR count). The minimum Gasteiger partial charge on any atom is -0.398 e. The maximum Gasteiger partial charge on any atom is 0.267 e. The molecule has 92 valence electrons. The van der Waals surface area contributed by atoms with Crippen molar-refractivity contribution in [3.8, 4) is 0 Å². The van der Waals surface area contributed by atoms with Gasteiger partial charge >= 0.3 is 0 Å². The minimum absolute atomic E-state index is 0.166. The van der Waals surface area contributed by atoms with Gasteiger partial charge in [0, 0.05) is 18.8 Å². The van der Waals surface area contributed by atoms with Crippen molar-refractivity contribution in [2.24, 2.45) is 0 Å². The summed E-state index contributed by atoms with van der Waals surface area (Å²) in [5.74, 6) is -0.707. The maximum atomic E-state index is 12.8. The summed E-state index contributed by atoms with van der Waals surface area (Å²) in [6.07, 6.45) is 3.36. The van der Waals surface area contributed by atoms with Crippen LogP contribution in [-0.2, 0) is 0 Å². The number of piperidine rings is 1. The zero-order valence-electron chi connectivity index (χ0n) is 9.58. The molecular formula is C12H16FN3O. The number of nitrogens with two attached hydrogens (primary N) is 1. The highest BCUT2D eigenvalue weighted by atomic mass is 19.1. The molecule has 0 atom stereocenters. The van der Waals surface area contributed by atoms with E-state index in [0.717, 1.165) is 32.0 Å². The van der Waals surface area contributed by atoms with Crippen LogP contribution < -0.4 is 11.2 Å². The molecule has 4 nitrogen and oxygen atoms in total. The number of nitrogens with one attached hydrogen (secondary N) is 1. The molecule has 3 N–H and O–H groups in total. The molecule has 1 amide bonds. The van der Waals surface area contributed by atoms with Crippen molar-refractivity contribution in [2.75, 3.05) is 18.8 Å². The van der Waals surface area contributed by atoms with Crippen LogP contribution in [0, 0.1) is 5.82 Å². The Labute approximate surface area is 99.6 Å². The highest BCUT2D eigenvalue weighted by Gasteiger charge is 2.15. The molecule has 17 heavy (non-hydrogen) atoms. The Morgan fingerprint density at radius 2 is 2.00 bits per heavy atom. The van der Waals surface area contributed by atoms with Gasteiger partial charge in [0.15, 0.2) is 0 Å². The lowest BCUT2D eigenvalue weighted by atomic mass is 10.1. The van der Waals surface area contributed by atoms with Crippen LogP contribution in [0.25, 0.3) is 0 Å². The van der Waals surface area contributed by atoms with Crippen molar-refractivity contribution in [1.82, 2.24) is 10.4 Å². The van der Waals surface area contributed by atoms with Crippen LogP contribution in [0.3, 0.4) is 0 Å². The van der Waals surface area contributed by atoms with E-state index in [0.29, 0.717) is 5.56 Å². The number of hydrogen-bond acceptors (Lipinski definition) is 3. The van der Waals surface area contributed by atoms with Gasteiger partial charge in [0.05, 0.1) is 5.56 Å². The number of hydrogen-bond donors (Lipinski definition) is 2. The zero-order chi connectivity index (χ0) is 12.3. The van der Waals surface area contributed by atoms with Gasteiger partial charge in [-0.15, -0.1) is 0 Å². The van der Waals surface area contributed by atoms with E-state index in [1.165, 1.54) is 18.6 Å². The number of nitrogen functional groups attached to an aromatic ring is 1. The molecule has 1 fully saturated rings. The van der Waals surface area contributed by atoms with Crippen molar-refractivity contribution in [3.05, 3.63) is 29.6 Å². The maximum absolute atomic E-state index is 12.8. The third kappa shape index (κ3) is 2.94. The molecule has 0 saturated carbocycles. The summed E-state index contributed by atoms with van der Waals surface area (Å²) >= 11 is 0. The fraction of sp³-hybridized carbons (Fsp3) is 0.417. The van der Waals surface area contributed by atoms with Crippen molar-refractivity contribution >= 4 is 11.6 Å². The summed E-state index contributed by atoms with van der Waals surface area (Å²) in [5, 5.41) is 1.88. The fourth-order valence-electron chi connectivity index (χ4n) is 1.95. The Bertz CT molecular complexity index is 416. The molecule has 0 radical (unpaired) electrons. The molecule has 1 aliphatic rings. The predicted octanol–water partition coefficient (Wildman–Crippen LogP) is 1.54. The third-order valence-corrected chi connectivity index (χ3v) is 2.87. The highest BCUT2D eigenvalue weighted by molar-refractivity contribution is 5.98. The lowest BCUT2D eigenvalue weighted by molar-refractivity contribution is 0.0751. The number of halogens is 1. The molecule has 0 bridgehead atoms. The molecule has 0 unspecified atom stereocenters. The van der Waals surface area contributed by atoms with Gasteiger partial charge in [-0.25, -0.2) is 9.40 Å². The molecule has 1 aliphatic heterocycles. The van der Waals surface area contributed by atoms with Crippen LogP contribution in [0.1, 0.15) is 29.6 Å². The Kier molecular flexibility index (Phi) is 3.58. The van der Waals surface area contributed by atoms with Crippen molar-refractivity contribution in [2.45, 2.75) is 19.3 Å². The van der Waals surface area contributed by atoms with Crippen molar-refractivity contribution in [1.29, 1.82) is 0 Å². The zero-order valence-corrected chi connectivity index (χ0v) is 9.58. The van der Waals surface area contributed by atoms with Gasteiger partial charge in [0.1, 0.15) is 5.82 Å². The second-order valence-electron chi connectivity index (χ2n) is 4.22. The van der Waals surface area contributed by atoms with Gasteiger partial charge in [-0.1, -0.05) is 6.42 Å². The Hall–Kier alpha value is -1.62. The summed E-state index contributed by atoms with van der Waals surface area (Å²) in [6.45, 7) is 1.71. The van der Waals surface area contributed by atoms with E-state index in [1.807, 2.05) is 5.01 Å². The van der Waals surface area contributed by atoms with E-state index >= 15 is 0 Å². The lowest BCUT2D eigenvalue weighted by Crippen LogP contribution is -2.45. The summed E-state index contributed by atoms with van der Waals surface area (Å²) in [5.41, 5.74) is 8.88. The molecule has 1 aromatic rings. The molecule has 1 saturated heterocycles. The first-order valence-electron chi connectivity index (χ1n) is 5.78. The monoisotopic (exact) mass is 237 g/mol. The standard InChI is InChI=1S/C12H16FN3O/c13-9-4-5-10(11(14)8-9)12(17)15-16-6-2-1-3-7-16/h4-5,8H,1-3,6-7,14H2,(H,15,17). The average molecular weight is 237 g/mol. The van der Waals surface area contributed by atoms with Crippen LogP contribution in [0.4, 0.5) is 10.1 Å². The van der Waals surface area contributed by atoms with E-state index in [-0.39, 0.29) is 11.6 Å². The van der Waals surface area contributed by atoms with E-state index in [2.05, 4.69) is 5.43 Å². The van der Waals surface area contributed by atoms with Crippen LogP contribution >= 0.6 is 0 Å². The fourth-order valence-corrected chi connectivity index (χ4v) is 1.95. The number of anilines is 1. The summed E-state index contributed by atoms with van der Waals surface area (Å²) < 4.78 is 12.8. The Morgan fingerprint density at radius 1 is 1.29 bits per heavy atom. The van der Waals surface area contributed by atoms with Gasteiger partial charge in [-0.2, -0.15) is 0 Å². The first kappa shape index (κ1) is 11.9. The summed E-state index contributed by atoms with van der Waals surface area (Å²) in [6, 6.07) is 3.80. The quantitative estimate of drug-likeness (QED) is 0.767. The lowest BCUT2D eigenvalue weighted by Gasteiger charge is -2.26. The number of rotatable bonds is 2. The van der Waals surface area contributed by atoms with Gasteiger partial charge in [-0.3, -0.25) is 10.2 Å². The number of benzene rings is 1. The molecule has 0 spiro atoms. The number of nitrogens with zero attached hydrogens (tertiary/aromatic N) is 1. The van der Waals surface area contributed by atoms with Gasteiger partial charge in [0.25, 0.3) is 5.91 Å². The average Bonchev–Trinajstić information content (AvgIpc) is 2.30. The smallest absolute Gasteiger partial charge is 0.267 e. The molecule has 0 aromatic heterocycles. The van der Waals surface area contributed by atoms with E-state index in [1.54, 1.807) is 0 Å². The summed E-state index contributed by atoms with van der Waals surface area (Å²) in [4.78, 5) is 11.9. The molecule has 1 aromatic carbocycles. The van der Waals surface area contributed by atoms with Crippen LogP contribution in [-0.4, -0.2) is 24.0 Å². The second-order valence-corrected chi connectivity index (χ2v) is 4.22. The largest absolute Gasteiger partial charge is 0.398 e. The predicted molar refractivity (Wildman–Crippen MR) is 63.7 cm³/mol. The van der Waals surface area contributed by atoms with Crippen LogP contribution in [0.15, 0.2) is 18.2 Å². The van der Waals surface area contributed by atoms with Crippen LogP contribution in [0.5, 0.6) is 0 Å². The van der Waals surface area contributed by atoms with Crippen LogP contribution in [0.2, 0.25) is 0 Å². The number of hydrazine groups is 1. The van der Waals surface area contributed by atoms with Crippen molar-refractivity contribution in [3.63, 3.8) is 0 Å². The highest BCUT2D eigenvalue weighted by Crippen LogP contribution is 2.14. The minimum atomic E-state index is -0.433. The van der Waals surface area contributed by atoms with E-state index < -0.39 is 5.82 Å². The topological polar surface area (TPSA) is 58.4 Å². The number of carbonyl (C=O) groups is 1. The Balaban J connectivity index is 2.03. The molecule has 1 heterocycles. The Morgan fingerprint density at radius 3 is 2.65 bits per heavy atom. The van der Waals surface area contributed by atoms with Crippen molar-refractivity contribution < 1.29 is 9.18 Å². The molecule has 0 aliphatic carbocycles. The van der Waals surface area contributed by atoms with Gasteiger partial charge in [-0.05, 0) is 31.0 Å². The third-order valence-electron chi connectivity index (χ3n) is 2.87. The van der Waals surface area contributed by atoms with Gasteiger partial charge < -0.3 is 5.73 Å². The van der Waals surface area contributed by atoms with E-state index in [9.17, 15) is 9.18 Å². The van der Waals surface area contributed by atoms with E-state index in [4.69, 9.17) is 5.73 Å². The second kappa shape index (κ2) is 5.14. The first-order chi connectivity index (χ1) is 8.16. The SMILES string of the molecule is Nc1cc(F)ccc1C(=O)NN1CCCCC1. The number of carbonyl (C=O) groups excluding carboxylic acids is 1. The normalized spacial score (nSPS) is 16.8. The first-order valence-corrected chi connectivity index (χ1v) is 5.78. The van der Waals surface area contributed by atoms with Gasteiger partial charge in [0.2, 0.25) is 0 Å². The molecule has 5 heteroatoms. The summed E-state index contributed by atoms with van der Waals surface area (Å²) in [7, 11) is 0.